The summed E-state index contributed by atoms with van der Waals surface area (Å²) in [5, 5.41) is 5.91. The van der Waals surface area contributed by atoms with Crippen LogP contribution in [-0.2, 0) is 0 Å². The Balaban J connectivity index is 2.04. The maximum Gasteiger partial charge on any atom is 0.170 e. The molecule has 0 aliphatic rings. The molecule has 2 aromatic heterocycles. The van der Waals surface area contributed by atoms with E-state index in [9.17, 15) is 4.39 Å². The maximum absolute atomic E-state index is 13.5. The second-order valence-electron chi connectivity index (χ2n) is 3.53. The molecule has 0 atom stereocenters. The van der Waals surface area contributed by atoms with Crippen molar-refractivity contribution < 1.29 is 8.91 Å². The Morgan fingerprint density at radius 1 is 1.12 bits per heavy atom. The number of hydrogen-bond acceptors (Lipinski definition) is 3. The molecule has 0 aliphatic heterocycles. The van der Waals surface area contributed by atoms with Crippen molar-refractivity contribution in [2.75, 3.05) is 0 Å². The Hall–Kier alpha value is -1.94. The molecule has 3 rings (SSSR count). The van der Waals surface area contributed by atoms with Crippen LogP contribution in [0, 0.1) is 5.82 Å². The summed E-state index contributed by atoms with van der Waals surface area (Å²) < 4.78 is 18.7. The Morgan fingerprint density at radius 2 is 2.00 bits per heavy atom. The topological polar surface area (TPSA) is 26.0 Å². The van der Waals surface area contributed by atoms with Crippen molar-refractivity contribution in [2.45, 2.75) is 0 Å². The average molecular weight is 245 g/mol. The molecule has 84 valence electrons. The van der Waals surface area contributed by atoms with Gasteiger partial charge in [-0.15, -0.1) is 11.3 Å². The third-order valence-electron chi connectivity index (χ3n) is 2.42. The van der Waals surface area contributed by atoms with Gasteiger partial charge in [0.05, 0.1) is 10.4 Å². The lowest BCUT2D eigenvalue weighted by molar-refractivity contribution is 0.432. The van der Waals surface area contributed by atoms with E-state index in [1.165, 1.54) is 6.07 Å². The molecule has 0 saturated carbocycles. The van der Waals surface area contributed by atoms with Crippen molar-refractivity contribution in [3.05, 3.63) is 53.7 Å². The molecule has 0 amide bonds. The molecule has 0 spiro atoms. The smallest absolute Gasteiger partial charge is 0.170 e. The lowest BCUT2D eigenvalue weighted by Crippen LogP contribution is -1.79. The summed E-state index contributed by atoms with van der Waals surface area (Å²) in [5.41, 5.74) is 1.17. The van der Waals surface area contributed by atoms with E-state index in [0.717, 1.165) is 10.6 Å². The highest BCUT2D eigenvalue weighted by atomic mass is 32.1. The third kappa shape index (κ3) is 1.87. The number of rotatable bonds is 2. The normalized spacial score (nSPS) is 10.6. The Bertz CT molecular complexity index is 630. The Kier molecular flexibility index (Phi) is 2.49. The predicted molar refractivity (Wildman–Crippen MR) is 65.2 cm³/mol. The van der Waals surface area contributed by atoms with Gasteiger partial charge in [0.25, 0.3) is 0 Å². The summed E-state index contributed by atoms with van der Waals surface area (Å²) in [6, 6.07) is 12.1. The number of halogens is 1. The van der Waals surface area contributed by atoms with E-state index in [1.54, 1.807) is 35.6 Å². The van der Waals surface area contributed by atoms with Gasteiger partial charge in [-0.3, -0.25) is 0 Å². The van der Waals surface area contributed by atoms with Crippen LogP contribution in [-0.4, -0.2) is 5.16 Å². The Morgan fingerprint density at radius 3 is 2.76 bits per heavy atom. The molecule has 0 saturated heterocycles. The number of hydrogen-bond donors (Lipinski definition) is 0. The highest BCUT2D eigenvalue weighted by molar-refractivity contribution is 7.13. The fourth-order valence-corrected chi connectivity index (χ4v) is 2.28. The van der Waals surface area contributed by atoms with Crippen molar-refractivity contribution in [3.63, 3.8) is 0 Å². The first-order valence-corrected chi connectivity index (χ1v) is 5.98. The van der Waals surface area contributed by atoms with Crippen LogP contribution in [0.3, 0.4) is 0 Å². The van der Waals surface area contributed by atoms with Gasteiger partial charge in [0, 0.05) is 6.07 Å². The summed E-state index contributed by atoms with van der Waals surface area (Å²) in [5.74, 6) is 0.146. The van der Waals surface area contributed by atoms with E-state index in [1.807, 2.05) is 17.5 Å². The molecule has 0 aliphatic carbocycles. The molecular formula is C13H8FNOS. The van der Waals surface area contributed by atoms with Gasteiger partial charge >= 0.3 is 0 Å². The van der Waals surface area contributed by atoms with Crippen LogP contribution in [0.1, 0.15) is 0 Å². The molecule has 2 heterocycles. The van der Waals surface area contributed by atoms with Crippen LogP contribution in [0.15, 0.2) is 52.4 Å². The summed E-state index contributed by atoms with van der Waals surface area (Å²) in [6.45, 7) is 0. The first-order valence-electron chi connectivity index (χ1n) is 5.10. The van der Waals surface area contributed by atoms with Crippen LogP contribution in [0.2, 0.25) is 0 Å². The standard InChI is InChI=1S/C13H8FNOS/c14-10-5-2-1-4-9(10)12-8-11(15-16-12)13-6-3-7-17-13/h1-8H. The SMILES string of the molecule is Fc1ccccc1-c1cc(-c2cccs2)no1. The number of nitrogens with zero attached hydrogens (tertiary/aromatic N) is 1. The van der Waals surface area contributed by atoms with Crippen LogP contribution in [0.25, 0.3) is 21.9 Å². The number of benzene rings is 1. The third-order valence-corrected chi connectivity index (χ3v) is 3.32. The van der Waals surface area contributed by atoms with E-state index >= 15 is 0 Å². The molecule has 4 heteroatoms. The molecule has 3 aromatic rings. The van der Waals surface area contributed by atoms with Gasteiger partial charge in [-0.05, 0) is 23.6 Å². The van der Waals surface area contributed by atoms with E-state index in [-0.39, 0.29) is 5.82 Å². The van der Waals surface area contributed by atoms with Crippen molar-refractivity contribution in [2.24, 2.45) is 0 Å². The summed E-state index contributed by atoms with van der Waals surface area (Å²) >= 11 is 1.57. The van der Waals surface area contributed by atoms with E-state index in [0.29, 0.717) is 11.3 Å². The average Bonchev–Trinajstić information content (AvgIpc) is 3.00. The van der Waals surface area contributed by atoms with Gasteiger partial charge in [0.2, 0.25) is 0 Å². The fraction of sp³-hybridized carbons (Fsp3) is 0. The number of thiophene rings is 1. The largest absolute Gasteiger partial charge is 0.356 e. The molecule has 1 aromatic carbocycles. The summed E-state index contributed by atoms with van der Waals surface area (Å²) in [4.78, 5) is 1.01. The zero-order valence-corrected chi connectivity index (χ0v) is 9.58. The van der Waals surface area contributed by atoms with Gasteiger partial charge in [-0.1, -0.05) is 23.4 Å². The predicted octanol–water partition coefficient (Wildman–Crippen LogP) is 4.21. The lowest BCUT2D eigenvalue weighted by atomic mass is 10.1. The van der Waals surface area contributed by atoms with Crippen molar-refractivity contribution in [3.8, 4) is 21.9 Å². The van der Waals surface area contributed by atoms with Gasteiger partial charge < -0.3 is 4.52 Å². The van der Waals surface area contributed by atoms with Gasteiger partial charge in [-0.2, -0.15) is 0 Å². The monoisotopic (exact) mass is 245 g/mol. The maximum atomic E-state index is 13.5. The Labute approximate surface area is 101 Å². The lowest BCUT2D eigenvalue weighted by Gasteiger charge is -1.95. The van der Waals surface area contributed by atoms with Crippen LogP contribution in [0.4, 0.5) is 4.39 Å². The number of aromatic nitrogens is 1. The minimum atomic E-state index is -0.304. The molecular weight excluding hydrogens is 237 g/mol. The quantitative estimate of drug-likeness (QED) is 0.676. The zero-order valence-electron chi connectivity index (χ0n) is 8.76. The second-order valence-corrected chi connectivity index (χ2v) is 4.48. The summed E-state index contributed by atoms with van der Waals surface area (Å²) in [6.07, 6.45) is 0. The van der Waals surface area contributed by atoms with Crippen molar-refractivity contribution >= 4 is 11.3 Å². The van der Waals surface area contributed by atoms with Crippen LogP contribution < -0.4 is 0 Å². The van der Waals surface area contributed by atoms with Crippen molar-refractivity contribution in [1.82, 2.24) is 5.16 Å². The molecule has 0 unspecified atom stereocenters. The molecule has 0 fully saturated rings. The highest BCUT2D eigenvalue weighted by Gasteiger charge is 2.12. The zero-order chi connectivity index (χ0) is 11.7. The molecule has 0 radical (unpaired) electrons. The van der Waals surface area contributed by atoms with E-state index in [4.69, 9.17) is 4.52 Å². The molecule has 2 nitrogen and oxygen atoms in total. The minimum absolute atomic E-state index is 0.304. The van der Waals surface area contributed by atoms with Crippen molar-refractivity contribution in [1.29, 1.82) is 0 Å². The second kappa shape index (κ2) is 4.14. The first-order chi connectivity index (χ1) is 8.34. The van der Waals surface area contributed by atoms with Crippen LogP contribution in [0.5, 0.6) is 0 Å². The van der Waals surface area contributed by atoms with Gasteiger partial charge in [0.15, 0.2) is 5.76 Å². The van der Waals surface area contributed by atoms with E-state index < -0.39 is 0 Å². The van der Waals surface area contributed by atoms with E-state index in [2.05, 4.69) is 5.16 Å². The van der Waals surface area contributed by atoms with Gasteiger partial charge in [0.1, 0.15) is 11.5 Å². The first kappa shape index (κ1) is 10.2. The highest BCUT2D eigenvalue weighted by Crippen LogP contribution is 2.29. The molecule has 0 bridgehead atoms. The molecule has 0 N–H and O–H groups in total. The van der Waals surface area contributed by atoms with Crippen LogP contribution >= 0.6 is 11.3 Å². The molecule has 17 heavy (non-hydrogen) atoms. The summed E-state index contributed by atoms with van der Waals surface area (Å²) in [7, 11) is 0. The fourth-order valence-electron chi connectivity index (χ4n) is 1.60. The van der Waals surface area contributed by atoms with Gasteiger partial charge in [-0.25, -0.2) is 4.39 Å². The minimum Gasteiger partial charge on any atom is -0.356 e.